The minimum Gasteiger partial charge on any atom is -0.464 e. The van der Waals surface area contributed by atoms with Crippen molar-refractivity contribution in [2.45, 2.75) is 19.4 Å². The molecule has 0 aromatic carbocycles. The van der Waals surface area contributed by atoms with Crippen LogP contribution in [0.5, 0.6) is 0 Å². The molecule has 0 saturated carbocycles. The summed E-state index contributed by atoms with van der Waals surface area (Å²) in [6, 6.07) is 0. The lowest BCUT2D eigenvalue weighted by Crippen LogP contribution is -2.23. The third kappa shape index (κ3) is 1.74. The van der Waals surface area contributed by atoms with E-state index >= 15 is 0 Å². The Morgan fingerprint density at radius 2 is 2.00 bits per heavy atom. The molecule has 1 rings (SSSR count). The number of hydrogen-bond acceptors (Lipinski definition) is 5. The third-order valence-electron chi connectivity index (χ3n) is 2.01. The Morgan fingerprint density at radius 1 is 1.36 bits per heavy atom. The Morgan fingerprint density at radius 3 is 2.50 bits per heavy atom. The summed E-state index contributed by atoms with van der Waals surface area (Å²) < 4.78 is 9.75. The largest absolute Gasteiger partial charge is 0.464 e. The first-order chi connectivity index (χ1) is 6.53. The summed E-state index contributed by atoms with van der Waals surface area (Å²) in [4.78, 5) is 11.3. The van der Waals surface area contributed by atoms with Gasteiger partial charge < -0.3 is 9.47 Å². The van der Waals surface area contributed by atoms with Crippen molar-refractivity contribution in [1.29, 1.82) is 0 Å². The quantitative estimate of drug-likeness (QED) is 0.716. The fourth-order valence-corrected chi connectivity index (χ4v) is 0.986. The van der Waals surface area contributed by atoms with Crippen LogP contribution in [0.1, 0.15) is 30.0 Å². The van der Waals surface area contributed by atoms with Crippen LogP contribution < -0.4 is 0 Å². The third-order valence-corrected chi connectivity index (χ3v) is 2.01. The average Bonchev–Trinajstić information content (AvgIpc) is 2.65. The van der Waals surface area contributed by atoms with Crippen LogP contribution in [0.15, 0.2) is 0 Å². The fraction of sp³-hybridized carbons (Fsp3) is 0.625. The number of rotatable bonds is 3. The minimum atomic E-state index is -0.670. The predicted molar refractivity (Wildman–Crippen MR) is 47.8 cm³/mol. The van der Waals surface area contributed by atoms with Crippen molar-refractivity contribution in [3.8, 4) is 0 Å². The molecule has 0 unspecified atom stereocenters. The maximum Gasteiger partial charge on any atom is 0.360 e. The molecule has 0 saturated heterocycles. The van der Waals surface area contributed by atoms with Gasteiger partial charge in [-0.05, 0) is 13.8 Å². The molecule has 6 nitrogen and oxygen atoms in total. The number of nitrogens with zero attached hydrogens (tertiary/aromatic N) is 2. The Labute approximate surface area is 81.6 Å². The Kier molecular flexibility index (Phi) is 2.85. The van der Waals surface area contributed by atoms with E-state index in [1.54, 1.807) is 13.8 Å². The molecular weight excluding hydrogens is 186 g/mol. The van der Waals surface area contributed by atoms with Crippen molar-refractivity contribution in [1.82, 2.24) is 15.4 Å². The zero-order valence-corrected chi connectivity index (χ0v) is 8.62. The van der Waals surface area contributed by atoms with Gasteiger partial charge in [0.15, 0.2) is 5.69 Å². The summed E-state index contributed by atoms with van der Waals surface area (Å²) in [7, 11) is 2.83. The van der Waals surface area contributed by atoms with Gasteiger partial charge in [0.25, 0.3) is 0 Å². The first-order valence-electron chi connectivity index (χ1n) is 4.07. The molecule has 1 aromatic heterocycles. The number of esters is 1. The van der Waals surface area contributed by atoms with Gasteiger partial charge in [0.1, 0.15) is 11.3 Å². The monoisotopic (exact) mass is 199 g/mol. The lowest BCUT2D eigenvalue weighted by atomic mass is 10.0. The van der Waals surface area contributed by atoms with Crippen molar-refractivity contribution >= 4 is 5.97 Å². The van der Waals surface area contributed by atoms with E-state index in [1.165, 1.54) is 14.2 Å². The highest BCUT2D eigenvalue weighted by atomic mass is 16.5. The summed E-state index contributed by atoms with van der Waals surface area (Å²) in [6.45, 7) is 3.58. The van der Waals surface area contributed by atoms with Gasteiger partial charge in [0.05, 0.1) is 7.11 Å². The van der Waals surface area contributed by atoms with Crippen LogP contribution >= 0.6 is 0 Å². The van der Waals surface area contributed by atoms with Gasteiger partial charge in [0, 0.05) is 7.11 Å². The number of hydrogen-bond donors (Lipinski definition) is 1. The molecule has 0 amide bonds. The average molecular weight is 199 g/mol. The molecule has 1 heterocycles. The maximum absolute atomic E-state index is 11.3. The molecule has 0 spiro atoms. The molecule has 0 aliphatic rings. The molecule has 0 atom stereocenters. The van der Waals surface area contributed by atoms with E-state index in [1.807, 2.05) is 0 Å². The van der Waals surface area contributed by atoms with Crippen molar-refractivity contribution in [3.63, 3.8) is 0 Å². The summed E-state index contributed by atoms with van der Waals surface area (Å²) in [6.07, 6.45) is 0. The number of carbonyl (C=O) groups is 1. The number of methoxy groups -OCH3 is 2. The smallest absolute Gasteiger partial charge is 0.360 e. The molecule has 1 aromatic rings. The van der Waals surface area contributed by atoms with E-state index in [-0.39, 0.29) is 5.69 Å². The first-order valence-corrected chi connectivity index (χ1v) is 4.07. The molecule has 78 valence electrons. The zero-order valence-electron chi connectivity index (χ0n) is 8.62. The molecule has 1 N–H and O–H groups in total. The van der Waals surface area contributed by atoms with Crippen LogP contribution in [0, 0.1) is 0 Å². The van der Waals surface area contributed by atoms with E-state index < -0.39 is 11.6 Å². The van der Waals surface area contributed by atoms with Crippen LogP contribution in [-0.2, 0) is 15.1 Å². The number of carbonyl (C=O) groups excluding carboxylic acids is 1. The molecule has 0 aliphatic carbocycles. The fourth-order valence-electron chi connectivity index (χ4n) is 0.986. The molecule has 0 bridgehead atoms. The van der Waals surface area contributed by atoms with Gasteiger partial charge >= 0.3 is 5.97 Å². The van der Waals surface area contributed by atoms with Gasteiger partial charge in [-0.1, -0.05) is 0 Å². The van der Waals surface area contributed by atoms with Gasteiger partial charge in [-0.2, -0.15) is 10.3 Å². The van der Waals surface area contributed by atoms with Crippen molar-refractivity contribution in [3.05, 3.63) is 11.4 Å². The standard InChI is InChI=1S/C8H13N3O3/c1-8(2,14-4)6-5(7(12)13-3)9-11-10-6/h1-4H3,(H,9,10,11). The van der Waals surface area contributed by atoms with Gasteiger partial charge in [-0.3, -0.25) is 0 Å². The van der Waals surface area contributed by atoms with Crippen molar-refractivity contribution in [2.24, 2.45) is 0 Å². The number of nitrogens with one attached hydrogen (secondary N) is 1. The second-order valence-corrected chi connectivity index (χ2v) is 3.23. The number of aromatic nitrogens is 3. The van der Waals surface area contributed by atoms with E-state index in [9.17, 15) is 4.79 Å². The van der Waals surface area contributed by atoms with E-state index in [4.69, 9.17) is 4.74 Å². The minimum absolute atomic E-state index is 0.152. The molecule has 0 fully saturated rings. The molecular formula is C8H13N3O3. The summed E-state index contributed by atoms with van der Waals surface area (Å²) in [5.41, 5.74) is -0.0810. The van der Waals surface area contributed by atoms with Crippen LogP contribution in [-0.4, -0.2) is 35.6 Å². The molecule has 0 aliphatic heterocycles. The summed E-state index contributed by atoms with van der Waals surface area (Å²) >= 11 is 0. The molecule has 14 heavy (non-hydrogen) atoms. The zero-order chi connectivity index (χ0) is 10.8. The Balaban J connectivity index is 3.10. The van der Waals surface area contributed by atoms with E-state index in [2.05, 4.69) is 20.1 Å². The van der Waals surface area contributed by atoms with Gasteiger partial charge in [0.2, 0.25) is 0 Å². The summed E-state index contributed by atoms with van der Waals surface area (Å²) in [5.74, 6) is -0.529. The molecule has 0 radical (unpaired) electrons. The highest BCUT2D eigenvalue weighted by Crippen LogP contribution is 2.23. The summed E-state index contributed by atoms with van der Waals surface area (Å²) in [5, 5.41) is 9.95. The maximum atomic E-state index is 11.3. The Hall–Kier alpha value is -1.43. The second-order valence-electron chi connectivity index (χ2n) is 3.23. The highest BCUT2D eigenvalue weighted by molar-refractivity contribution is 5.88. The normalized spacial score (nSPS) is 11.4. The first kappa shape index (κ1) is 10.6. The van der Waals surface area contributed by atoms with Gasteiger partial charge in [-0.15, -0.1) is 5.10 Å². The second kappa shape index (κ2) is 3.75. The van der Waals surface area contributed by atoms with Gasteiger partial charge in [-0.25, -0.2) is 4.79 Å². The predicted octanol–water partition coefficient (Wildman–Crippen LogP) is 0.473. The van der Waals surface area contributed by atoms with Crippen LogP contribution in [0.25, 0.3) is 0 Å². The number of aromatic amines is 1. The van der Waals surface area contributed by atoms with Crippen molar-refractivity contribution < 1.29 is 14.3 Å². The highest BCUT2D eigenvalue weighted by Gasteiger charge is 2.30. The number of H-pyrrole nitrogens is 1. The van der Waals surface area contributed by atoms with Crippen molar-refractivity contribution in [2.75, 3.05) is 14.2 Å². The van der Waals surface area contributed by atoms with Crippen LogP contribution in [0.4, 0.5) is 0 Å². The van der Waals surface area contributed by atoms with E-state index in [0.717, 1.165) is 0 Å². The lowest BCUT2D eigenvalue weighted by molar-refractivity contribution is 0.0134. The Bertz CT molecular complexity index is 332. The topological polar surface area (TPSA) is 77.1 Å². The van der Waals surface area contributed by atoms with Crippen LogP contribution in [0.3, 0.4) is 0 Å². The SMILES string of the molecule is COC(=O)c1n[nH]nc1C(C)(C)OC. The lowest BCUT2D eigenvalue weighted by Gasteiger charge is -2.20. The number of ether oxygens (including phenoxy) is 2. The molecule has 6 heteroatoms. The van der Waals surface area contributed by atoms with E-state index in [0.29, 0.717) is 5.69 Å². The van der Waals surface area contributed by atoms with Crippen LogP contribution in [0.2, 0.25) is 0 Å².